The molecular formula is C20H13BrN2OS2. The van der Waals surface area contributed by atoms with Crippen molar-refractivity contribution in [2.45, 2.75) is 0 Å². The molecule has 26 heavy (non-hydrogen) atoms. The largest absolute Gasteiger partial charge is 0.298 e. The summed E-state index contributed by atoms with van der Waals surface area (Å²) in [4.78, 5) is 19.4. The Kier molecular flexibility index (Phi) is 4.97. The first-order chi connectivity index (χ1) is 12.7. The average Bonchev–Trinajstić information content (AvgIpc) is 3.32. The molecule has 4 rings (SSSR count). The number of hydrogen-bond acceptors (Lipinski definition) is 4. The average molecular weight is 441 g/mol. The van der Waals surface area contributed by atoms with E-state index in [0.29, 0.717) is 10.7 Å². The Hall–Kier alpha value is -2.28. The van der Waals surface area contributed by atoms with Gasteiger partial charge in [0.05, 0.1) is 15.3 Å². The van der Waals surface area contributed by atoms with Crippen molar-refractivity contribution in [2.24, 2.45) is 0 Å². The van der Waals surface area contributed by atoms with Gasteiger partial charge in [-0.05, 0) is 45.1 Å². The van der Waals surface area contributed by atoms with E-state index in [1.165, 1.54) is 11.3 Å². The second-order valence-electron chi connectivity index (χ2n) is 5.47. The number of nitrogens with zero attached hydrogens (tertiary/aromatic N) is 1. The van der Waals surface area contributed by atoms with Crippen molar-refractivity contribution in [3.8, 4) is 21.0 Å². The molecular weight excluding hydrogens is 428 g/mol. The van der Waals surface area contributed by atoms with Crippen molar-refractivity contribution >= 4 is 49.6 Å². The molecule has 0 atom stereocenters. The van der Waals surface area contributed by atoms with Crippen LogP contribution in [0.3, 0.4) is 0 Å². The van der Waals surface area contributed by atoms with Crippen LogP contribution in [0.25, 0.3) is 21.0 Å². The van der Waals surface area contributed by atoms with Crippen LogP contribution >= 0.6 is 38.6 Å². The summed E-state index contributed by atoms with van der Waals surface area (Å²) in [7, 11) is 0. The second kappa shape index (κ2) is 7.53. The molecule has 0 saturated heterocycles. The fourth-order valence-electron chi connectivity index (χ4n) is 2.55. The van der Waals surface area contributed by atoms with Gasteiger partial charge in [-0.2, -0.15) is 0 Å². The first-order valence-electron chi connectivity index (χ1n) is 7.88. The zero-order chi connectivity index (χ0) is 17.9. The van der Waals surface area contributed by atoms with E-state index in [1.54, 1.807) is 17.4 Å². The lowest BCUT2D eigenvalue weighted by Crippen LogP contribution is -2.12. The Labute approximate surface area is 167 Å². The van der Waals surface area contributed by atoms with Crippen LogP contribution in [0, 0.1) is 0 Å². The van der Waals surface area contributed by atoms with Crippen LogP contribution in [0.15, 0.2) is 76.6 Å². The van der Waals surface area contributed by atoms with Crippen LogP contribution in [0.4, 0.5) is 5.13 Å². The number of amides is 1. The van der Waals surface area contributed by atoms with Crippen molar-refractivity contribution in [1.82, 2.24) is 4.98 Å². The molecule has 0 radical (unpaired) electrons. The molecule has 3 nitrogen and oxygen atoms in total. The molecule has 0 saturated carbocycles. The van der Waals surface area contributed by atoms with E-state index in [-0.39, 0.29) is 5.91 Å². The monoisotopic (exact) mass is 440 g/mol. The van der Waals surface area contributed by atoms with Crippen molar-refractivity contribution in [1.29, 1.82) is 0 Å². The fourth-order valence-corrected chi connectivity index (χ4v) is 4.78. The van der Waals surface area contributed by atoms with E-state index in [0.717, 1.165) is 25.5 Å². The number of aromatic nitrogens is 1. The van der Waals surface area contributed by atoms with E-state index in [9.17, 15) is 4.79 Å². The number of halogens is 1. The molecule has 2 heterocycles. The minimum Gasteiger partial charge on any atom is -0.298 e. The summed E-state index contributed by atoms with van der Waals surface area (Å²) in [5.41, 5.74) is 2.58. The number of anilines is 1. The van der Waals surface area contributed by atoms with Crippen LogP contribution in [0.1, 0.15) is 10.4 Å². The van der Waals surface area contributed by atoms with E-state index in [4.69, 9.17) is 4.98 Å². The highest BCUT2D eigenvalue weighted by atomic mass is 79.9. The van der Waals surface area contributed by atoms with Crippen LogP contribution in [0.2, 0.25) is 0 Å². The first-order valence-corrected chi connectivity index (χ1v) is 10.4. The van der Waals surface area contributed by atoms with Gasteiger partial charge in [0.25, 0.3) is 5.91 Å². The molecule has 128 valence electrons. The number of hydrogen-bond donors (Lipinski definition) is 1. The van der Waals surface area contributed by atoms with Gasteiger partial charge in [-0.1, -0.05) is 59.9 Å². The molecule has 0 aliphatic carbocycles. The predicted octanol–water partition coefficient (Wildman–Crippen LogP) is 6.55. The Morgan fingerprint density at radius 2 is 1.73 bits per heavy atom. The summed E-state index contributed by atoms with van der Waals surface area (Å²) in [6.07, 6.45) is 0. The third-order valence-corrected chi connectivity index (χ3v) is 6.34. The number of nitrogens with one attached hydrogen (secondary N) is 1. The van der Waals surface area contributed by atoms with Gasteiger partial charge in [0.2, 0.25) is 0 Å². The molecule has 1 amide bonds. The number of benzene rings is 2. The maximum atomic E-state index is 12.6. The minimum atomic E-state index is -0.177. The number of thiophene rings is 1. The Bertz CT molecular complexity index is 1040. The predicted molar refractivity (Wildman–Crippen MR) is 113 cm³/mol. The number of carbonyl (C=O) groups excluding carboxylic acids is 1. The van der Waals surface area contributed by atoms with Crippen LogP contribution in [-0.2, 0) is 0 Å². The summed E-state index contributed by atoms with van der Waals surface area (Å²) in [6, 6.07) is 21.5. The van der Waals surface area contributed by atoms with Gasteiger partial charge in [0.1, 0.15) is 5.69 Å². The van der Waals surface area contributed by atoms with E-state index in [1.807, 2.05) is 53.9 Å². The normalized spacial score (nSPS) is 10.7. The summed E-state index contributed by atoms with van der Waals surface area (Å²) in [5, 5.41) is 5.56. The number of carbonyl (C=O) groups is 1. The lowest BCUT2D eigenvalue weighted by molar-refractivity contribution is 0.102. The molecule has 1 N–H and O–H groups in total. The molecule has 4 aromatic rings. The van der Waals surface area contributed by atoms with E-state index >= 15 is 0 Å². The quantitative estimate of drug-likeness (QED) is 0.390. The molecule has 0 spiro atoms. The zero-order valence-corrected chi connectivity index (χ0v) is 16.7. The lowest BCUT2D eigenvalue weighted by Gasteiger charge is -2.03. The fraction of sp³-hybridized carbons (Fsp3) is 0. The van der Waals surface area contributed by atoms with Crippen molar-refractivity contribution in [3.05, 3.63) is 82.1 Å². The van der Waals surface area contributed by atoms with Crippen molar-refractivity contribution in [3.63, 3.8) is 0 Å². The van der Waals surface area contributed by atoms with Gasteiger partial charge in [0.15, 0.2) is 5.13 Å². The molecule has 0 aliphatic rings. The molecule has 2 aromatic carbocycles. The first kappa shape index (κ1) is 17.1. The zero-order valence-electron chi connectivity index (χ0n) is 13.5. The van der Waals surface area contributed by atoms with Gasteiger partial charge in [-0.15, -0.1) is 11.3 Å². The smallest absolute Gasteiger partial charge is 0.258 e. The standard InChI is InChI=1S/C20H13BrN2OS2/c21-15-10-5-4-9-14(15)19(24)23-20-22-17(16-11-6-12-25-16)18(26-20)13-7-2-1-3-8-13/h1-12H,(H,22,23,24). The third-order valence-electron chi connectivity index (χ3n) is 3.76. The van der Waals surface area contributed by atoms with Crippen LogP contribution in [0.5, 0.6) is 0 Å². The molecule has 0 aliphatic heterocycles. The molecule has 0 bridgehead atoms. The molecule has 6 heteroatoms. The molecule has 2 aromatic heterocycles. The topological polar surface area (TPSA) is 42.0 Å². The third kappa shape index (κ3) is 3.49. The number of rotatable bonds is 4. The van der Waals surface area contributed by atoms with Gasteiger partial charge < -0.3 is 0 Å². The number of thiazole rings is 1. The Balaban J connectivity index is 1.72. The SMILES string of the molecule is O=C(Nc1nc(-c2cccs2)c(-c2ccccc2)s1)c1ccccc1Br. The van der Waals surface area contributed by atoms with Gasteiger partial charge in [-0.25, -0.2) is 4.98 Å². The molecule has 0 fully saturated rings. The Morgan fingerprint density at radius 1 is 0.962 bits per heavy atom. The second-order valence-corrected chi connectivity index (χ2v) is 8.28. The highest BCUT2D eigenvalue weighted by Gasteiger charge is 2.18. The van der Waals surface area contributed by atoms with Gasteiger partial charge in [-0.3, -0.25) is 10.1 Å². The van der Waals surface area contributed by atoms with Crippen molar-refractivity contribution < 1.29 is 4.79 Å². The van der Waals surface area contributed by atoms with Gasteiger partial charge in [0, 0.05) is 4.47 Å². The van der Waals surface area contributed by atoms with Crippen LogP contribution < -0.4 is 5.32 Å². The molecule has 0 unspecified atom stereocenters. The minimum absolute atomic E-state index is 0.177. The van der Waals surface area contributed by atoms with Crippen LogP contribution in [-0.4, -0.2) is 10.9 Å². The highest BCUT2D eigenvalue weighted by Crippen LogP contribution is 2.40. The summed E-state index contributed by atoms with van der Waals surface area (Å²) in [6.45, 7) is 0. The van der Waals surface area contributed by atoms with Crippen molar-refractivity contribution in [2.75, 3.05) is 5.32 Å². The maximum Gasteiger partial charge on any atom is 0.258 e. The van der Waals surface area contributed by atoms with Gasteiger partial charge >= 0.3 is 0 Å². The summed E-state index contributed by atoms with van der Waals surface area (Å²) >= 11 is 6.55. The maximum absolute atomic E-state index is 12.6. The summed E-state index contributed by atoms with van der Waals surface area (Å²) < 4.78 is 0.760. The Morgan fingerprint density at radius 3 is 2.46 bits per heavy atom. The summed E-state index contributed by atoms with van der Waals surface area (Å²) in [5.74, 6) is -0.177. The van der Waals surface area contributed by atoms with E-state index < -0.39 is 0 Å². The van der Waals surface area contributed by atoms with E-state index in [2.05, 4.69) is 33.4 Å². The highest BCUT2D eigenvalue weighted by molar-refractivity contribution is 9.10. The lowest BCUT2D eigenvalue weighted by atomic mass is 10.1.